The standard InChI is InChI=1S/C15H16N6O4.ClH/c22-10-2-1-8(13(23)19-10)21-14(24)11-12(15(21)25)18-9(7-17-11)20-5-3-16-4-6-20;/h7-8,16H,1-6H2,(H,19,22,23);1H. The highest BCUT2D eigenvalue weighted by Crippen LogP contribution is 2.26. The number of amides is 4. The predicted octanol–water partition coefficient (Wildman–Crippen LogP) is -1.29. The molecular formula is C15H17ClN6O4. The average molecular weight is 381 g/mol. The number of nitrogens with one attached hydrogen (secondary N) is 2. The monoisotopic (exact) mass is 380 g/mol. The second kappa shape index (κ2) is 6.96. The summed E-state index contributed by atoms with van der Waals surface area (Å²) in [5, 5.41) is 5.38. The number of piperazine rings is 1. The lowest BCUT2D eigenvalue weighted by Crippen LogP contribution is -2.54. The Morgan fingerprint density at radius 2 is 1.73 bits per heavy atom. The number of aromatic nitrogens is 2. The van der Waals surface area contributed by atoms with Crippen LogP contribution in [0.4, 0.5) is 5.82 Å². The Kier molecular flexibility index (Phi) is 4.88. The van der Waals surface area contributed by atoms with Gasteiger partial charge in [0, 0.05) is 32.6 Å². The normalized spacial score (nSPS) is 22.8. The molecule has 11 heteroatoms. The summed E-state index contributed by atoms with van der Waals surface area (Å²) in [4.78, 5) is 59.8. The highest BCUT2D eigenvalue weighted by atomic mass is 35.5. The Bertz CT molecular complexity index is 794. The van der Waals surface area contributed by atoms with Crippen molar-refractivity contribution in [3.8, 4) is 0 Å². The van der Waals surface area contributed by atoms with Crippen LogP contribution >= 0.6 is 12.4 Å². The molecule has 3 aliphatic rings. The summed E-state index contributed by atoms with van der Waals surface area (Å²) >= 11 is 0. The van der Waals surface area contributed by atoms with E-state index < -0.39 is 29.7 Å². The highest BCUT2D eigenvalue weighted by Gasteiger charge is 2.46. The molecule has 3 aliphatic heterocycles. The molecule has 4 rings (SSSR count). The quantitative estimate of drug-likeness (QED) is 0.607. The highest BCUT2D eigenvalue weighted by molar-refractivity contribution is 6.21. The van der Waals surface area contributed by atoms with E-state index in [1.165, 1.54) is 6.20 Å². The zero-order valence-electron chi connectivity index (χ0n) is 13.7. The number of piperidine rings is 1. The Labute approximate surface area is 154 Å². The van der Waals surface area contributed by atoms with E-state index in [0.717, 1.165) is 31.1 Å². The van der Waals surface area contributed by atoms with Crippen LogP contribution in [0.1, 0.15) is 33.8 Å². The zero-order chi connectivity index (χ0) is 17.6. The second-order valence-corrected chi connectivity index (χ2v) is 6.11. The van der Waals surface area contributed by atoms with Crippen molar-refractivity contribution < 1.29 is 19.2 Å². The lowest BCUT2D eigenvalue weighted by Gasteiger charge is -2.28. The first-order valence-electron chi connectivity index (χ1n) is 8.10. The van der Waals surface area contributed by atoms with E-state index in [1.807, 2.05) is 4.90 Å². The molecule has 0 saturated carbocycles. The molecule has 26 heavy (non-hydrogen) atoms. The van der Waals surface area contributed by atoms with Gasteiger partial charge < -0.3 is 10.2 Å². The molecule has 0 spiro atoms. The summed E-state index contributed by atoms with van der Waals surface area (Å²) in [5.41, 5.74) is -0.0840. The first kappa shape index (κ1) is 18.2. The van der Waals surface area contributed by atoms with Crippen LogP contribution in [0.3, 0.4) is 0 Å². The minimum absolute atomic E-state index is 0. The summed E-state index contributed by atoms with van der Waals surface area (Å²) < 4.78 is 0. The van der Waals surface area contributed by atoms with Gasteiger partial charge in [-0.1, -0.05) is 0 Å². The fraction of sp³-hybridized carbons (Fsp3) is 0.467. The number of nitrogens with zero attached hydrogens (tertiary/aromatic N) is 4. The number of fused-ring (bicyclic) bond motifs is 1. The van der Waals surface area contributed by atoms with Gasteiger partial charge in [0.15, 0.2) is 11.4 Å². The molecule has 138 valence electrons. The largest absolute Gasteiger partial charge is 0.353 e. The number of carbonyl (C=O) groups is 4. The lowest BCUT2D eigenvalue weighted by atomic mass is 10.0. The molecule has 0 aromatic carbocycles. The molecular weight excluding hydrogens is 364 g/mol. The van der Waals surface area contributed by atoms with Gasteiger partial charge in [-0.05, 0) is 6.42 Å². The second-order valence-electron chi connectivity index (χ2n) is 6.11. The van der Waals surface area contributed by atoms with Gasteiger partial charge in [0.25, 0.3) is 11.8 Å². The summed E-state index contributed by atoms with van der Waals surface area (Å²) in [6, 6.07) is -1.00. The number of hydrogen-bond acceptors (Lipinski definition) is 8. The van der Waals surface area contributed by atoms with E-state index in [1.54, 1.807) is 0 Å². The van der Waals surface area contributed by atoms with Gasteiger partial charge >= 0.3 is 0 Å². The molecule has 1 aromatic heterocycles. The molecule has 1 atom stereocenters. The Morgan fingerprint density at radius 3 is 2.42 bits per heavy atom. The maximum atomic E-state index is 12.7. The predicted molar refractivity (Wildman–Crippen MR) is 91.0 cm³/mol. The SMILES string of the molecule is Cl.O=C1CCC(N2C(=O)c3ncc(N4CCNCC4)nc3C2=O)C(=O)N1. The minimum atomic E-state index is -1.00. The number of rotatable bonds is 2. The van der Waals surface area contributed by atoms with E-state index in [2.05, 4.69) is 20.6 Å². The number of anilines is 1. The first-order valence-corrected chi connectivity index (χ1v) is 8.10. The van der Waals surface area contributed by atoms with Gasteiger partial charge in [0.2, 0.25) is 11.8 Å². The molecule has 4 amide bonds. The summed E-state index contributed by atoms with van der Waals surface area (Å²) in [5.74, 6) is -1.80. The van der Waals surface area contributed by atoms with Crippen molar-refractivity contribution in [1.29, 1.82) is 0 Å². The van der Waals surface area contributed by atoms with Crippen LogP contribution in [0.15, 0.2) is 6.20 Å². The summed E-state index contributed by atoms with van der Waals surface area (Å²) in [7, 11) is 0. The average Bonchev–Trinajstić information content (AvgIpc) is 2.87. The fourth-order valence-electron chi connectivity index (χ4n) is 3.26. The van der Waals surface area contributed by atoms with Crippen molar-refractivity contribution in [1.82, 2.24) is 25.5 Å². The van der Waals surface area contributed by atoms with Crippen molar-refractivity contribution >= 4 is 41.9 Å². The molecule has 2 fully saturated rings. The van der Waals surface area contributed by atoms with Crippen LogP contribution in [-0.4, -0.2) is 70.7 Å². The van der Waals surface area contributed by atoms with Crippen LogP contribution in [0.2, 0.25) is 0 Å². The molecule has 1 unspecified atom stereocenters. The smallest absolute Gasteiger partial charge is 0.282 e. The van der Waals surface area contributed by atoms with Crippen LogP contribution < -0.4 is 15.5 Å². The van der Waals surface area contributed by atoms with Gasteiger partial charge in [0.05, 0.1) is 6.20 Å². The van der Waals surface area contributed by atoms with Gasteiger partial charge in [-0.2, -0.15) is 0 Å². The third-order valence-corrected chi connectivity index (χ3v) is 4.57. The number of halogens is 1. The molecule has 0 aliphatic carbocycles. The van der Waals surface area contributed by atoms with Crippen molar-refractivity contribution in [2.75, 3.05) is 31.1 Å². The van der Waals surface area contributed by atoms with E-state index in [4.69, 9.17) is 0 Å². The maximum absolute atomic E-state index is 12.7. The van der Waals surface area contributed by atoms with Crippen molar-refractivity contribution in [2.24, 2.45) is 0 Å². The minimum Gasteiger partial charge on any atom is -0.353 e. The lowest BCUT2D eigenvalue weighted by molar-refractivity contribution is -0.136. The van der Waals surface area contributed by atoms with Gasteiger partial charge in [0.1, 0.15) is 11.9 Å². The zero-order valence-corrected chi connectivity index (χ0v) is 14.5. The summed E-state index contributed by atoms with van der Waals surface area (Å²) in [6.07, 6.45) is 1.67. The van der Waals surface area contributed by atoms with Crippen LogP contribution in [0.5, 0.6) is 0 Å². The Balaban J connectivity index is 0.00000196. The van der Waals surface area contributed by atoms with Crippen molar-refractivity contribution in [3.05, 3.63) is 17.6 Å². The van der Waals surface area contributed by atoms with Crippen LogP contribution in [-0.2, 0) is 9.59 Å². The molecule has 0 bridgehead atoms. The van der Waals surface area contributed by atoms with Crippen molar-refractivity contribution in [2.45, 2.75) is 18.9 Å². The molecule has 2 N–H and O–H groups in total. The Morgan fingerprint density at radius 1 is 1.04 bits per heavy atom. The van der Waals surface area contributed by atoms with E-state index in [9.17, 15) is 19.2 Å². The number of carbonyl (C=O) groups excluding carboxylic acids is 4. The molecule has 10 nitrogen and oxygen atoms in total. The maximum Gasteiger partial charge on any atom is 0.282 e. The van der Waals surface area contributed by atoms with E-state index in [0.29, 0.717) is 5.82 Å². The molecule has 1 aromatic rings. The molecule has 0 radical (unpaired) electrons. The fourth-order valence-corrected chi connectivity index (χ4v) is 3.26. The first-order chi connectivity index (χ1) is 12.1. The third kappa shape index (κ3) is 2.90. The Hall–Kier alpha value is -2.59. The number of hydrogen-bond donors (Lipinski definition) is 2. The topological polar surface area (TPSA) is 125 Å². The number of imide groups is 2. The summed E-state index contributed by atoms with van der Waals surface area (Å²) in [6.45, 7) is 3.06. The van der Waals surface area contributed by atoms with Gasteiger partial charge in [-0.3, -0.25) is 29.4 Å². The van der Waals surface area contributed by atoms with Gasteiger partial charge in [-0.15, -0.1) is 12.4 Å². The van der Waals surface area contributed by atoms with Crippen LogP contribution in [0.25, 0.3) is 0 Å². The van der Waals surface area contributed by atoms with Crippen LogP contribution in [0, 0.1) is 0 Å². The molecule has 4 heterocycles. The van der Waals surface area contributed by atoms with Crippen molar-refractivity contribution in [3.63, 3.8) is 0 Å². The third-order valence-electron chi connectivity index (χ3n) is 4.57. The van der Waals surface area contributed by atoms with E-state index >= 15 is 0 Å². The molecule has 2 saturated heterocycles. The van der Waals surface area contributed by atoms with E-state index in [-0.39, 0.29) is 36.6 Å². The van der Waals surface area contributed by atoms with Gasteiger partial charge in [-0.25, -0.2) is 9.97 Å².